The molecule has 1 fully saturated rings. The summed E-state index contributed by atoms with van der Waals surface area (Å²) in [7, 11) is 0. The number of rotatable bonds is 4. The number of benzene rings is 2. The first-order valence-corrected chi connectivity index (χ1v) is 10.8. The monoisotopic (exact) mass is 435 g/mol. The fraction of sp³-hybridized carbons (Fsp3) is 0.292. The van der Waals surface area contributed by atoms with E-state index in [1.54, 1.807) is 4.90 Å². The van der Waals surface area contributed by atoms with Crippen molar-refractivity contribution in [2.45, 2.75) is 25.9 Å². The summed E-state index contributed by atoms with van der Waals surface area (Å²) < 4.78 is 5.60. The lowest BCUT2D eigenvalue weighted by Crippen LogP contribution is -2.40. The molecule has 0 N–H and O–H groups in total. The van der Waals surface area contributed by atoms with Crippen LogP contribution >= 0.6 is 11.6 Å². The van der Waals surface area contributed by atoms with Gasteiger partial charge in [-0.25, -0.2) is 0 Å². The molecule has 6 nitrogen and oxygen atoms in total. The molecule has 3 aromatic rings. The molecule has 2 aromatic carbocycles. The second kappa shape index (κ2) is 8.19. The molecule has 0 spiro atoms. The summed E-state index contributed by atoms with van der Waals surface area (Å²) in [6, 6.07) is 17.3. The van der Waals surface area contributed by atoms with Gasteiger partial charge in [-0.15, -0.1) is 0 Å². The standard InChI is InChI=1S/C24H22ClN3O3/c25-19-8-6-17(7-9-19)23-20-15-27(11-10-21(20)26-31-23)24(30)18-12-22(29)28(14-18)13-16-4-2-1-3-5-16/h1-9,18H,10-15H2. The first kappa shape index (κ1) is 19.8. The maximum absolute atomic E-state index is 13.2. The summed E-state index contributed by atoms with van der Waals surface area (Å²) in [5, 5.41) is 4.86. The molecule has 0 bridgehead atoms. The molecular weight excluding hydrogens is 414 g/mol. The molecule has 3 heterocycles. The van der Waals surface area contributed by atoms with Crippen LogP contribution in [0.1, 0.15) is 23.2 Å². The molecule has 1 unspecified atom stereocenters. The normalized spacial score (nSPS) is 18.4. The lowest BCUT2D eigenvalue weighted by molar-refractivity contribution is -0.136. The largest absolute Gasteiger partial charge is 0.356 e. The topological polar surface area (TPSA) is 66.7 Å². The van der Waals surface area contributed by atoms with Gasteiger partial charge >= 0.3 is 0 Å². The van der Waals surface area contributed by atoms with E-state index >= 15 is 0 Å². The molecule has 2 aliphatic heterocycles. The highest BCUT2D eigenvalue weighted by Crippen LogP contribution is 2.32. The van der Waals surface area contributed by atoms with Gasteiger partial charge in [0.2, 0.25) is 11.8 Å². The highest BCUT2D eigenvalue weighted by Gasteiger charge is 2.38. The Hall–Kier alpha value is -3.12. The van der Waals surface area contributed by atoms with Gasteiger partial charge in [-0.2, -0.15) is 0 Å². The van der Waals surface area contributed by atoms with E-state index in [0.29, 0.717) is 43.4 Å². The van der Waals surface area contributed by atoms with Crippen molar-refractivity contribution in [3.63, 3.8) is 0 Å². The van der Waals surface area contributed by atoms with Crippen LogP contribution in [0.3, 0.4) is 0 Å². The number of likely N-dealkylation sites (tertiary alicyclic amines) is 1. The SMILES string of the molecule is O=C1CC(C(=O)N2CCc3noc(-c4ccc(Cl)cc4)c3C2)CN1Cc1ccccc1. The Bertz CT molecular complexity index is 1110. The second-order valence-electron chi connectivity index (χ2n) is 8.11. The minimum Gasteiger partial charge on any atom is -0.356 e. The van der Waals surface area contributed by atoms with Crippen LogP contribution in [0, 0.1) is 5.92 Å². The van der Waals surface area contributed by atoms with Gasteiger partial charge in [0.1, 0.15) is 0 Å². The highest BCUT2D eigenvalue weighted by atomic mass is 35.5. The van der Waals surface area contributed by atoms with E-state index < -0.39 is 0 Å². The van der Waals surface area contributed by atoms with Gasteiger partial charge in [-0.05, 0) is 29.8 Å². The molecule has 2 amide bonds. The Kier molecular flexibility index (Phi) is 5.24. The molecule has 0 saturated carbocycles. The summed E-state index contributed by atoms with van der Waals surface area (Å²) in [6.45, 7) is 2.03. The van der Waals surface area contributed by atoms with Gasteiger partial charge in [-0.3, -0.25) is 9.59 Å². The van der Waals surface area contributed by atoms with Crippen LogP contribution in [0.15, 0.2) is 59.1 Å². The predicted molar refractivity (Wildman–Crippen MR) is 116 cm³/mol. The van der Waals surface area contributed by atoms with Gasteiger partial charge in [0, 0.05) is 48.6 Å². The van der Waals surface area contributed by atoms with E-state index in [1.165, 1.54) is 0 Å². The van der Waals surface area contributed by atoms with E-state index in [9.17, 15) is 9.59 Å². The maximum atomic E-state index is 13.2. The zero-order valence-electron chi connectivity index (χ0n) is 17.0. The smallest absolute Gasteiger partial charge is 0.228 e. The Balaban J connectivity index is 1.29. The average Bonchev–Trinajstić information content (AvgIpc) is 3.38. The molecule has 158 valence electrons. The summed E-state index contributed by atoms with van der Waals surface area (Å²) in [4.78, 5) is 29.4. The zero-order chi connectivity index (χ0) is 21.4. The van der Waals surface area contributed by atoms with Gasteiger partial charge in [0.05, 0.1) is 18.2 Å². The van der Waals surface area contributed by atoms with Gasteiger partial charge in [-0.1, -0.05) is 47.1 Å². The molecule has 1 aromatic heterocycles. The summed E-state index contributed by atoms with van der Waals surface area (Å²) in [5.74, 6) is 0.429. The Morgan fingerprint density at radius 3 is 2.68 bits per heavy atom. The third kappa shape index (κ3) is 3.95. The molecule has 1 atom stereocenters. The summed E-state index contributed by atoms with van der Waals surface area (Å²) in [5.41, 5.74) is 3.79. The van der Waals surface area contributed by atoms with Crippen molar-refractivity contribution in [2.24, 2.45) is 5.92 Å². The van der Waals surface area contributed by atoms with Crippen LogP contribution in [0.25, 0.3) is 11.3 Å². The van der Waals surface area contributed by atoms with E-state index in [1.807, 2.05) is 59.5 Å². The molecule has 5 rings (SSSR count). The number of fused-ring (bicyclic) bond motifs is 1. The fourth-order valence-electron chi connectivity index (χ4n) is 4.38. The van der Waals surface area contributed by atoms with E-state index in [2.05, 4.69) is 5.16 Å². The van der Waals surface area contributed by atoms with E-state index in [-0.39, 0.29) is 24.2 Å². The van der Waals surface area contributed by atoms with Gasteiger partial charge < -0.3 is 14.3 Å². The minimum atomic E-state index is -0.309. The van der Waals surface area contributed by atoms with Crippen LogP contribution in [-0.4, -0.2) is 39.9 Å². The Morgan fingerprint density at radius 2 is 1.90 bits per heavy atom. The number of halogens is 1. The van der Waals surface area contributed by atoms with Crippen molar-refractivity contribution in [2.75, 3.05) is 13.1 Å². The molecule has 31 heavy (non-hydrogen) atoms. The quantitative estimate of drug-likeness (QED) is 0.622. The summed E-state index contributed by atoms with van der Waals surface area (Å²) in [6.07, 6.45) is 0.912. The third-order valence-electron chi connectivity index (χ3n) is 6.04. The second-order valence-corrected chi connectivity index (χ2v) is 8.55. The van der Waals surface area contributed by atoms with Crippen LogP contribution in [-0.2, 0) is 29.1 Å². The van der Waals surface area contributed by atoms with Crippen LogP contribution in [0.5, 0.6) is 0 Å². The van der Waals surface area contributed by atoms with Crippen molar-refractivity contribution in [3.05, 3.63) is 76.4 Å². The number of carbonyl (C=O) groups is 2. The molecule has 0 radical (unpaired) electrons. The molecule has 1 saturated heterocycles. The molecule has 0 aliphatic carbocycles. The van der Waals surface area contributed by atoms with Crippen molar-refractivity contribution in [1.29, 1.82) is 0 Å². The molecule has 7 heteroatoms. The number of hydrogen-bond donors (Lipinski definition) is 0. The molecular formula is C24H22ClN3O3. The van der Waals surface area contributed by atoms with Crippen molar-refractivity contribution in [3.8, 4) is 11.3 Å². The first-order valence-electron chi connectivity index (χ1n) is 10.4. The highest BCUT2D eigenvalue weighted by molar-refractivity contribution is 6.30. The van der Waals surface area contributed by atoms with Crippen LogP contribution < -0.4 is 0 Å². The Morgan fingerprint density at radius 1 is 1.13 bits per heavy atom. The van der Waals surface area contributed by atoms with Crippen LogP contribution in [0.4, 0.5) is 0 Å². The lowest BCUT2D eigenvalue weighted by atomic mass is 9.99. The number of aromatic nitrogens is 1. The number of nitrogens with zero attached hydrogens (tertiary/aromatic N) is 3. The van der Waals surface area contributed by atoms with Crippen molar-refractivity contribution >= 4 is 23.4 Å². The van der Waals surface area contributed by atoms with Crippen LogP contribution in [0.2, 0.25) is 5.02 Å². The predicted octanol–water partition coefficient (Wildman–Crippen LogP) is 3.93. The Labute approximate surface area is 185 Å². The molecule has 2 aliphatic rings. The zero-order valence-corrected chi connectivity index (χ0v) is 17.7. The van der Waals surface area contributed by atoms with E-state index in [0.717, 1.165) is 22.4 Å². The fourth-order valence-corrected chi connectivity index (χ4v) is 4.51. The number of carbonyl (C=O) groups excluding carboxylic acids is 2. The lowest BCUT2D eigenvalue weighted by Gasteiger charge is -2.28. The van der Waals surface area contributed by atoms with E-state index in [4.69, 9.17) is 16.1 Å². The number of hydrogen-bond acceptors (Lipinski definition) is 4. The minimum absolute atomic E-state index is 0.0258. The van der Waals surface area contributed by atoms with Gasteiger partial charge in [0.15, 0.2) is 5.76 Å². The number of amides is 2. The summed E-state index contributed by atoms with van der Waals surface area (Å²) >= 11 is 6.00. The van der Waals surface area contributed by atoms with Crippen molar-refractivity contribution < 1.29 is 14.1 Å². The van der Waals surface area contributed by atoms with Crippen molar-refractivity contribution in [1.82, 2.24) is 15.0 Å². The first-order chi connectivity index (χ1) is 15.1. The third-order valence-corrected chi connectivity index (χ3v) is 6.29. The van der Waals surface area contributed by atoms with Gasteiger partial charge in [0.25, 0.3) is 0 Å². The maximum Gasteiger partial charge on any atom is 0.228 e. The average molecular weight is 436 g/mol.